The van der Waals surface area contributed by atoms with Gasteiger partial charge in [-0.2, -0.15) is 5.26 Å². The zero-order chi connectivity index (χ0) is 14.7. The summed E-state index contributed by atoms with van der Waals surface area (Å²) in [6, 6.07) is 19.5. The van der Waals surface area contributed by atoms with E-state index in [0.29, 0.717) is 5.56 Å². The van der Waals surface area contributed by atoms with Gasteiger partial charge in [0.25, 0.3) is 0 Å². The molecule has 0 saturated carbocycles. The molecule has 0 aliphatic rings. The Morgan fingerprint density at radius 3 is 2.57 bits per heavy atom. The van der Waals surface area contributed by atoms with Crippen molar-refractivity contribution in [3.63, 3.8) is 0 Å². The van der Waals surface area contributed by atoms with Crippen LogP contribution in [-0.4, -0.2) is 12.1 Å². The van der Waals surface area contributed by atoms with Crippen molar-refractivity contribution in [3.05, 3.63) is 60.2 Å². The summed E-state index contributed by atoms with van der Waals surface area (Å²) in [5.74, 6) is 0.823. The topological polar surface area (TPSA) is 45.9 Å². The predicted octanol–water partition coefficient (Wildman–Crippen LogP) is 4.27. The highest BCUT2D eigenvalue weighted by molar-refractivity contribution is 7.99. The van der Waals surface area contributed by atoms with Crippen LogP contribution in [0, 0.1) is 11.3 Å². The van der Waals surface area contributed by atoms with Crippen molar-refractivity contribution in [2.45, 2.75) is 9.92 Å². The minimum absolute atomic E-state index is 0.650. The molecule has 21 heavy (non-hydrogen) atoms. The Morgan fingerprint density at radius 1 is 1.10 bits per heavy atom. The van der Waals surface area contributed by atoms with Crippen LogP contribution >= 0.6 is 11.8 Å². The molecule has 3 nitrogen and oxygen atoms in total. The van der Waals surface area contributed by atoms with E-state index in [1.165, 1.54) is 11.8 Å². The van der Waals surface area contributed by atoms with Gasteiger partial charge in [-0.25, -0.2) is 4.98 Å². The molecule has 0 atom stereocenters. The first-order valence-electron chi connectivity index (χ1n) is 6.42. The molecule has 0 spiro atoms. The van der Waals surface area contributed by atoms with Crippen LogP contribution in [0.5, 0.6) is 5.75 Å². The van der Waals surface area contributed by atoms with Crippen LogP contribution < -0.4 is 4.74 Å². The lowest BCUT2D eigenvalue weighted by Gasteiger charge is -2.05. The lowest BCUT2D eigenvalue weighted by Crippen LogP contribution is -1.87. The summed E-state index contributed by atoms with van der Waals surface area (Å²) < 4.78 is 5.15. The molecule has 2 aromatic carbocycles. The number of methoxy groups -OCH3 is 1. The van der Waals surface area contributed by atoms with E-state index >= 15 is 0 Å². The standard InChI is InChI=1S/C17H12N2OS/c1-20-13-6-8-14(9-7-13)21-17-10-12(11-18)15-4-2-3-5-16(15)19-17/h2-10H,1H3. The third-order valence-corrected chi connectivity index (χ3v) is 4.02. The van der Waals surface area contributed by atoms with Gasteiger partial charge in [-0.15, -0.1) is 0 Å². The van der Waals surface area contributed by atoms with Gasteiger partial charge in [0.15, 0.2) is 0 Å². The number of ether oxygens (including phenoxy) is 1. The van der Waals surface area contributed by atoms with Crippen LogP contribution in [0.15, 0.2) is 64.5 Å². The van der Waals surface area contributed by atoms with Crippen LogP contribution in [0.4, 0.5) is 0 Å². The van der Waals surface area contributed by atoms with Crippen LogP contribution in [0.25, 0.3) is 10.9 Å². The van der Waals surface area contributed by atoms with Crippen molar-refractivity contribution in [2.24, 2.45) is 0 Å². The van der Waals surface area contributed by atoms with Gasteiger partial charge in [0.05, 0.1) is 24.3 Å². The van der Waals surface area contributed by atoms with Crippen molar-refractivity contribution < 1.29 is 4.74 Å². The number of pyridine rings is 1. The monoisotopic (exact) mass is 292 g/mol. The van der Waals surface area contributed by atoms with E-state index in [4.69, 9.17) is 4.74 Å². The molecule has 3 aromatic rings. The molecule has 0 N–H and O–H groups in total. The summed E-state index contributed by atoms with van der Waals surface area (Å²) in [5.41, 5.74) is 1.49. The van der Waals surface area contributed by atoms with Crippen molar-refractivity contribution in [3.8, 4) is 11.8 Å². The second-order valence-electron chi connectivity index (χ2n) is 4.41. The van der Waals surface area contributed by atoms with E-state index < -0.39 is 0 Å². The molecular weight excluding hydrogens is 280 g/mol. The second kappa shape index (κ2) is 5.86. The van der Waals surface area contributed by atoms with Gasteiger partial charge < -0.3 is 4.74 Å². The average Bonchev–Trinajstić information content (AvgIpc) is 2.55. The van der Waals surface area contributed by atoms with E-state index in [1.807, 2.05) is 54.6 Å². The molecule has 1 aromatic heterocycles. The van der Waals surface area contributed by atoms with Crippen LogP contribution in [-0.2, 0) is 0 Å². The summed E-state index contributed by atoms with van der Waals surface area (Å²) in [4.78, 5) is 5.66. The van der Waals surface area contributed by atoms with E-state index in [9.17, 15) is 5.26 Å². The summed E-state index contributed by atoms with van der Waals surface area (Å²) in [6.45, 7) is 0. The quantitative estimate of drug-likeness (QED) is 0.723. The Bertz CT molecular complexity index is 822. The molecule has 0 radical (unpaired) electrons. The van der Waals surface area contributed by atoms with E-state index in [-0.39, 0.29) is 0 Å². The first kappa shape index (κ1) is 13.5. The fraction of sp³-hybridized carbons (Fsp3) is 0.0588. The second-order valence-corrected chi connectivity index (χ2v) is 5.51. The van der Waals surface area contributed by atoms with Gasteiger partial charge in [0.1, 0.15) is 10.8 Å². The van der Waals surface area contributed by atoms with Crippen LogP contribution in [0.1, 0.15) is 5.56 Å². The van der Waals surface area contributed by atoms with E-state index in [1.54, 1.807) is 7.11 Å². The third-order valence-electron chi connectivity index (χ3n) is 3.09. The number of benzene rings is 2. The molecule has 102 valence electrons. The maximum absolute atomic E-state index is 9.29. The SMILES string of the molecule is COc1ccc(Sc2cc(C#N)c3ccccc3n2)cc1. The number of para-hydroxylation sites is 1. The number of nitriles is 1. The van der Waals surface area contributed by atoms with Gasteiger partial charge in [0, 0.05) is 10.3 Å². The molecule has 0 fully saturated rings. The van der Waals surface area contributed by atoms with Gasteiger partial charge in [-0.1, -0.05) is 30.0 Å². The number of hydrogen-bond acceptors (Lipinski definition) is 4. The van der Waals surface area contributed by atoms with E-state index in [2.05, 4.69) is 11.1 Å². The average molecular weight is 292 g/mol. The first-order chi connectivity index (χ1) is 10.3. The Balaban J connectivity index is 1.98. The zero-order valence-electron chi connectivity index (χ0n) is 11.4. The molecule has 0 aliphatic carbocycles. The fourth-order valence-electron chi connectivity index (χ4n) is 2.06. The molecule has 4 heteroatoms. The van der Waals surface area contributed by atoms with Crippen molar-refractivity contribution >= 4 is 22.7 Å². The smallest absolute Gasteiger partial charge is 0.118 e. The number of fused-ring (bicyclic) bond motifs is 1. The van der Waals surface area contributed by atoms with Gasteiger partial charge >= 0.3 is 0 Å². The minimum atomic E-state index is 0.650. The molecule has 0 bridgehead atoms. The minimum Gasteiger partial charge on any atom is -0.497 e. The lowest BCUT2D eigenvalue weighted by atomic mass is 10.1. The fourth-order valence-corrected chi connectivity index (χ4v) is 2.89. The molecule has 1 heterocycles. The maximum Gasteiger partial charge on any atom is 0.118 e. The van der Waals surface area contributed by atoms with Gasteiger partial charge in [0.2, 0.25) is 0 Å². The van der Waals surface area contributed by atoms with Crippen molar-refractivity contribution in [2.75, 3.05) is 7.11 Å². The summed E-state index contributed by atoms with van der Waals surface area (Å²) in [6.07, 6.45) is 0. The Hall–Kier alpha value is -2.51. The highest BCUT2D eigenvalue weighted by Gasteiger charge is 2.06. The van der Waals surface area contributed by atoms with Crippen LogP contribution in [0.2, 0.25) is 0 Å². The highest BCUT2D eigenvalue weighted by atomic mass is 32.2. The van der Waals surface area contributed by atoms with Gasteiger partial charge in [-0.05, 0) is 36.4 Å². The largest absolute Gasteiger partial charge is 0.497 e. The Kier molecular flexibility index (Phi) is 3.76. The normalized spacial score (nSPS) is 10.3. The molecule has 0 saturated heterocycles. The molecular formula is C17H12N2OS. The number of aromatic nitrogens is 1. The van der Waals surface area contributed by atoms with Crippen molar-refractivity contribution in [1.29, 1.82) is 5.26 Å². The number of rotatable bonds is 3. The molecule has 3 rings (SSSR count). The predicted molar refractivity (Wildman–Crippen MR) is 83.6 cm³/mol. The number of hydrogen-bond donors (Lipinski definition) is 0. The van der Waals surface area contributed by atoms with Crippen molar-refractivity contribution in [1.82, 2.24) is 4.98 Å². The first-order valence-corrected chi connectivity index (χ1v) is 7.23. The van der Waals surface area contributed by atoms with Crippen LogP contribution in [0.3, 0.4) is 0 Å². The maximum atomic E-state index is 9.29. The Morgan fingerprint density at radius 2 is 1.86 bits per heavy atom. The molecule has 0 unspecified atom stereocenters. The summed E-state index contributed by atoms with van der Waals surface area (Å²) in [7, 11) is 1.65. The molecule has 0 amide bonds. The highest BCUT2D eigenvalue weighted by Crippen LogP contribution is 2.30. The van der Waals surface area contributed by atoms with E-state index in [0.717, 1.165) is 26.6 Å². The number of nitrogens with zero attached hydrogens (tertiary/aromatic N) is 2. The summed E-state index contributed by atoms with van der Waals surface area (Å²) in [5, 5.41) is 11.0. The molecule has 0 aliphatic heterocycles. The lowest BCUT2D eigenvalue weighted by molar-refractivity contribution is 0.414. The zero-order valence-corrected chi connectivity index (χ0v) is 12.2. The Labute approximate surface area is 127 Å². The third kappa shape index (κ3) is 2.83. The summed E-state index contributed by atoms with van der Waals surface area (Å²) >= 11 is 1.53. The van der Waals surface area contributed by atoms with Gasteiger partial charge in [-0.3, -0.25) is 0 Å².